The number of nitrogens with two attached hydrogens (primary N) is 1. The van der Waals surface area contributed by atoms with Gasteiger partial charge in [0.05, 0.1) is 0 Å². The van der Waals surface area contributed by atoms with E-state index >= 15 is 0 Å². The van der Waals surface area contributed by atoms with Crippen LogP contribution >= 0.6 is 7.60 Å². The summed E-state index contributed by atoms with van der Waals surface area (Å²) in [5, 5.41) is 17.4. The molecule has 0 rings (SSSR count). The maximum Gasteiger partial charge on any atom is 0.384 e. The van der Waals surface area contributed by atoms with Gasteiger partial charge in [0, 0.05) is 6.42 Å². The first kappa shape index (κ1) is 11.0. The molecule has 11 heavy (non-hydrogen) atoms. The molecule has 0 aromatic heterocycles. The van der Waals surface area contributed by atoms with Gasteiger partial charge in [-0.25, -0.2) is 0 Å². The van der Waals surface area contributed by atoms with Crippen LogP contribution in [0.5, 0.6) is 0 Å². The zero-order chi connectivity index (χ0) is 9.12. The van der Waals surface area contributed by atoms with Gasteiger partial charge >= 0.3 is 7.60 Å². The molecule has 0 saturated heterocycles. The van der Waals surface area contributed by atoms with Crippen LogP contribution in [0, 0.1) is 0 Å². The predicted molar refractivity (Wildman–Crippen MR) is 37.5 cm³/mol. The second kappa shape index (κ2) is 3.62. The Bertz CT molecular complexity index is 164. The van der Waals surface area contributed by atoms with E-state index in [2.05, 4.69) is 0 Å². The summed E-state index contributed by atoms with van der Waals surface area (Å²) < 4.78 is 10.3. The summed E-state index contributed by atoms with van der Waals surface area (Å²) in [5.74, 6) is 0. The summed E-state index contributed by atoms with van der Waals surface area (Å²) in [4.78, 5) is 16.7. The Hall–Kier alpha value is 0.0300. The Morgan fingerprint density at radius 1 is 1.36 bits per heavy atom. The summed E-state index contributed by atoms with van der Waals surface area (Å²) in [5.41, 5.74) is 2.08. The molecule has 0 aromatic carbocycles. The minimum Gasteiger partial charge on any atom is -0.356 e. The first-order chi connectivity index (χ1) is 4.81. The van der Waals surface area contributed by atoms with E-state index in [1.165, 1.54) is 0 Å². The van der Waals surface area contributed by atoms with E-state index in [1.54, 1.807) is 0 Å². The van der Waals surface area contributed by atoms with Gasteiger partial charge in [0.1, 0.15) is 0 Å². The first-order valence-corrected chi connectivity index (χ1v) is 4.63. The van der Waals surface area contributed by atoms with Crippen molar-refractivity contribution in [2.75, 3.05) is 6.54 Å². The molecule has 6 N–H and O–H groups in total. The SMILES string of the molecule is NCCCC(O)(O)P(=O)(O)O. The van der Waals surface area contributed by atoms with Crippen molar-refractivity contribution in [1.82, 2.24) is 0 Å². The molecule has 0 aliphatic heterocycles. The zero-order valence-electron chi connectivity index (χ0n) is 5.84. The fraction of sp³-hybridized carbons (Fsp3) is 1.00. The Labute approximate surface area is 63.8 Å². The maximum atomic E-state index is 10.3. The van der Waals surface area contributed by atoms with Crippen LogP contribution in [-0.2, 0) is 4.57 Å². The van der Waals surface area contributed by atoms with Crippen molar-refractivity contribution >= 4 is 7.60 Å². The van der Waals surface area contributed by atoms with Gasteiger partial charge < -0.3 is 25.7 Å². The molecule has 0 saturated carbocycles. The molecule has 6 nitrogen and oxygen atoms in total. The lowest BCUT2D eigenvalue weighted by Crippen LogP contribution is -2.28. The van der Waals surface area contributed by atoms with Crippen molar-refractivity contribution in [2.24, 2.45) is 5.73 Å². The van der Waals surface area contributed by atoms with Crippen molar-refractivity contribution in [3.63, 3.8) is 0 Å². The van der Waals surface area contributed by atoms with Crippen molar-refractivity contribution in [1.29, 1.82) is 0 Å². The van der Waals surface area contributed by atoms with Crippen LogP contribution < -0.4 is 5.73 Å². The minimum absolute atomic E-state index is 0.151. The van der Waals surface area contributed by atoms with Crippen LogP contribution in [-0.4, -0.2) is 32.1 Å². The number of hydrogen-bond donors (Lipinski definition) is 5. The lowest BCUT2D eigenvalue weighted by Gasteiger charge is -2.21. The molecule has 0 aromatic rings. The molecule has 0 unspecified atom stereocenters. The number of aliphatic hydroxyl groups is 2. The molecular weight excluding hydrogens is 173 g/mol. The quantitative estimate of drug-likeness (QED) is 0.269. The number of hydrogen-bond acceptors (Lipinski definition) is 4. The molecule has 0 bridgehead atoms. The number of rotatable bonds is 4. The highest BCUT2D eigenvalue weighted by Crippen LogP contribution is 2.49. The summed E-state index contributed by atoms with van der Waals surface area (Å²) in [6, 6.07) is 0. The summed E-state index contributed by atoms with van der Waals surface area (Å²) in [6.07, 6.45) is -0.272. The molecule has 0 spiro atoms. The van der Waals surface area contributed by atoms with Crippen LogP contribution in [0.1, 0.15) is 12.8 Å². The summed E-state index contributed by atoms with van der Waals surface area (Å²) >= 11 is 0. The van der Waals surface area contributed by atoms with Crippen LogP contribution in [0.4, 0.5) is 0 Å². The molecule has 0 atom stereocenters. The Balaban J connectivity index is 4.11. The van der Waals surface area contributed by atoms with E-state index in [1.807, 2.05) is 0 Å². The Morgan fingerprint density at radius 3 is 2.09 bits per heavy atom. The third-order valence-corrected chi connectivity index (χ3v) is 2.34. The molecule has 68 valence electrons. The monoisotopic (exact) mass is 185 g/mol. The van der Waals surface area contributed by atoms with E-state index in [4.69, 9.17) is 25.7 Å². The second-order valence-electron chi connectivity index (χ2n) is 2.21. The average Bonchev–Trinajstić information content (AvgIpc) is 1.81. The highest BCUT2D eigenvalue weighted by atomic mass is 31.2. The lowest BCUT2D eigenvalue weighted by atomic mass is 10.3. The zero-order valence-corrected chi connectivity index (χ0v) is 6.74. The van der Waals surface area contributed by atoms with Gasteiger partial charge in [-0.1, -0.05) is 0 Å². The van der Waals surface area contributed by atoms with Crippen molar-refractivity contribution < 1.29 is 24.6 Å². The normalized spacial score (nSPS) is 13.5. The topological polar surface area (TPSA) is 124 Å². The highest BCUT2D eigenvalue weighted by molar-refractivity contribution is 7.53. The molecule has 0 aliphatic rings. The second-order valence-corrected chi connectivity index (χ2v) is 4.01. The first-order valence-electron chi connectivity index (χ1n) is 3.02. The fourth-order valence-corrected chi connectivity index (χ4v) is 0.934. The summed E-state index contributed by atoms with van der Waals surface area (Å²) in [7, 11) is -4.84. The molecule has 7 heteroatoms. The van der Waals surface area contributed by atoms with E-state index in [-0.39, 0.29) is 13.0 Å². The molecular formula is C4H12NO5P. The Morgan fingerprint density at radius 2 is 1.82 bits per heavy atom. The van der Waals surface area contributed by atoms with Gasteiger partial charge in [0.15, 0.2) is 0 Å². The van der Waals surface area contributed by atoms with Crippen molar-refractivity contribution in [3.8, 4) is 0 Å². The maximum absolute atomic E-state index is 10.3. The fourth-order valence-electron chi connectivity index (χ4n) is 0.485. The van der Waals surface area contributed by atoms with Crippen molar-refractivity contribution in [2.45, 2.75) is 18.4 Å². The molecule has 0 fully saturated rings. The third-order valence-electron chi connectivity index (χ3n) is 1.18. The van der Waals surface area contributed by atoms with Gasteiger partial charge in [-0.2, -0.15) is 0 Å². The average molecular weight is 185 g/mol. The molecule has 0 aliphatic carbocycles. The summed E-state index contributed by atoms with van der Waals surface area (Å²) in [6.45, 7) is 0.156. The molecule has 0 heterocycles. The van der Waals surface area contributed by atoms with E-state index < -0.39 is 19.5 Å². The molecule has 0 radical (unpaired) electrons. The van der Waals surface area contributed by atoms with Gasteiger partial charge in [0.2, 0.25) is 0 Å². The standard InChI is InChI=1S/C4H12NO5P/c5-3-1-2-4(6,7)11(8,9)10/h6-7H,1-3,5H2,(H2,8,9,10). The third kappa shape index (κ3) is 3.29. The smallest absolute Gasteiger partial charge is 0.356 e. The van der Waals surface area contributed by atoms with E-state index in [0.29, 0.717) is 0 Å². The van der Waals surface area contributed by atoms with E-state index in [9.17, 15) is 4.57 Å². The van der Waals surface area contributed by atoms with Crippen LogP contribution in [0.15, 0.2) is 0 Å². The van der Waals surface area contributed by atoms with E-state index in [0.717, 1.165) is 0 Å². The van der Waals surface area contributed by atoms with Gasteiger partial charge in [-0.05, 0) is 13.0 Å². The largest absolute Gasteiger partial charge is 0.384 e. The van der Waals surface area contributed by atoms with Crippen molar-refractivity contribution in [3.05, 3.63) is 0 Å². The van der Waals surface area contributed by atoms with Gasteiger partial charge in [-0.15, -0.1) is 0 Å². The van der Waals surface area contributed by atoms with Gasteiger partial charge in [0.25, 0.3) is 5.53 Å². The van der Waals surface area contributed by atoms with Crippen LogP contribution in [0.2, 0.25) is 0 Å². The lowest BCUT2D eigenvalue weighted by molar-refractivity contribution is -0.109. The molecule has 0 amide bonds. The predicted octanol–water partition coefficient (Wildman–Crippen LogP) is -1.46. The van der Waals surface area contributed by atoms with Gasteiger partial charge in [-0.3, -0.25) is 4.57 Å². The van der Waals surface area contributed by atoms with Crippen LogP contribution in [0.25, 0.3) is 0 Å². The minimum atomic E-state index is -4.84. The van der Waals surface area contributed by atoms with Crippen LogP contribution in [0.3, 0.4) is 0 Å². The Kier molecular flexibility index (Phi) is 3.63. The highest BCUT2D eigenvalue weighted by Gasteiger charge is 2.42.